The van der Waals surface area contributed by atoms with Crippen LogP contribution in [0.1, 0.15) is 20.3 Å². The van der Waals surface area contributed by atoms with Gasteiger partial charge >= 0.3 is 0 Å². The van der Waals surface area contributed by atoms with E-state index in [4.69, 9.17) is 0 Å². The van der Waals surface area contributed by atoms with Crippen molar-refractivity contribution < 1.29 is 4.79 Å². The second-order valence-electron chi connectivity index (χ2n) is 5.91. The lowest BCUT2D eigenvalue weighted by molar-refractivity contribution is -0.117. The number of aliphatic imine (C=N–C) groups is 1. The third-order valence-electron chi connectivity index (χ3n) is 4.37. The van der Waals surface area contributed by atoms with Gasteiger partial charge in [-0.05, 0) is 25.2 Å². The highest BCUT2D eigenvalue weighted by atomic mass is 127. The number of hydrogen-bond donors (Lipinski definition) is 2. The fraction of sp³-hybridized carbons (Fsp3) is 0.556. The first-order chi connectivity index (χ1) is 11.7. The molecule has 1 saturated heterocycles. The van der Waals surface area contributed by atoms with Gasteiger partial charge in [-0.25, -0.2) is 0 Å². The maximum Gasteiger partial charge on any atom is 0.229 e. The van der Waals surface area contributed by atoms with Gasteiger partial charge in [0.25, 0.3) is 0 Å². The molecule has 7 heteroatoms. The van der Waals surface area contributed by atoms with E-state index >= 15 is 0 Å². The molecule has 1 amide bonds. The van der Waals surface area contributed by atoms with E-state index in [1.165, 1.54) is 0 Å². The molecular weight excluding hydrogens is 429 g/mol. The Labute approximate surface area is 168 Å². The zero-order chi connectivity index (χ0) is 17.4. The molecule has 0 bridgehead atoms. The molecule has 140 valence electrons. The molecule has 1 heterocycles. The molecule has 25 heavy (non-hydrogen) atoms. The second kappa shape index (κ2) is 11.3. The van der Waals surface area contributed by atoms with Gasteiger partial charge in [-0.15, -0.1) is 24.0 Å². The summed E-state index contributed by atoms with van der Waals surface area (Å²) in [7, 11) is 1.76. The molecule has 1 fully saturated rings. The molecule has 1 unspecified atom stereocenters. The monoisotopic (exact) mass is 459 g/mol. The van der Waals surface area contributed by atoms with Gasteiger partial charge in [-0.3, -0.25) is 9.79 Å². The Balaban J connectivity index is 0.00000312. The summed E-state index contributed by atoms with van der Waals surface area (Å²) in [5, 5.41) is 6.70. The van der Waals surface area contributed by atoms with Crippen molar-refractivity contribution in [1.29, 1.82) is 0 Å². The van der Waals surface area contributed by atoms with Gasteiger partial charge in [0, 0.05) is 38.8 Å². The van der Waals surface area contributed by atoms with Crippen LogP contribution in [0.2, 0.25) is 0 Å². The van der Waals surface area contributed by atoms with Gasteiger partial charge in [0.15, 0.2) is 5.96 Å². The lowest BCUT2D eigenvalue weighted by Crippen LogP contribution is -2.46. The van der Waals surface area contributed by atoms with E-state index in [2.05, 4.69) is 34.4 Å². The molecule has 1 aliphatic rings. The third-order valence-corrected chi connectivity index (χ3v) is 4.37. The molecule has 1 atom stereocenters. The number of nitrogens with one attached hydrogen (secondary N) is 2. The largest absolute Gasteiger partial charge is 0.355 e. The number of carbonyl (C=O) groups excluding carboxylic acids is 1. The molecule has 0 aromatic heterocycles. The first kappa shape index (κ1) is 21.7. The van der Waals surface area contributed by atoms with Crippen LogP contribution in [0.15, 0.2) is 35.3 Å². The summed E-state index contributed by atoms with van der Waals surface area (Å²) in [5.41, 5.74) is 0.955. The minimum absolute atomic E-state index is 0. The van der Waals surface area contributed by atoms with Gasteiger partial charge < -0.3 is 20.4 Å². The van der Waals surface area contributed by atoms with Crippen molar-refractivity contribution in [2.75, 3.05) is 44.7 Å². The zero-order valence-corrected chi connectivity index (χ0v) is 17.7. The molecule has 0 radical (unpaired) electrons. The number of anilines is 1. The molecule has 1 aliphatic heterocycles. The van der Waals surface area contributed by atoms with Crippen molar-refractivity contribution in [3.63, 3.8) is 0 Å². The molecular formula is C18H30IN5O. The van der Waals surface area contributed by atoms with Crippen LogP contribution in [0.4, 0.5) is 5.69 Å². The first-order valence-corrected chi connectivity index (χ1v) is 8.72. The quantitative estimate of drug-likeness (QED) is 0.372. The fourth-order valence-corrected chi connectivity index (χ4v) is 2.92. The predicted molar refractivity (Wildman–Crippen MR) is 115 cm³/mol. The van der Waals surface area contributed by atoms with Crippen molar-refractivity contribution >= 4 is 41.5 Å². The van der Waals surface area contributed by atoms with Crippen molar-refractivity contribution in [3.8, 4) is 0 Å². The maximum absolute atomic E-state index is 12.3. The van der Waals surface area contributed by atoms with Crippen LogP contribution >= 0.6 is 24.0 Å². The Morgan fingerprint density at radius 3 is 2.56 bits per heavy atom. The summed E-state index contributed by atoms with van der Waals surface area (Å²) in [5.74, 6) is 0.909. The van der Waals surface area contributed by atoms with E-state index in [9.17, 15) is 4.79 Å². The van der Waals surface area contributed by atoms with Crippen LogP contribution in [0.25, 0.3) is 0 Å². The Hall–Kier alpha value is -1.35. The highest BCUT2D eigenvalue weighted by Crippen LogP contribution is 2.20. The zero-order valence-electron chi connectivity index (χ0n) is 15.4. The summed E-state index contributed by atoms with van der Waals surface area (Å²) in [6, 6.07) is 9.89. The standard InChI is InChI=1S/C18H29N5O.HI/c1-4-22(5-2)12-11-20-18(19-3)21-15-13-17(24)23(14-15)16-9-7-6-8-10-16;/h6-10,15H,4-5,11-14H2,1-3H3,(H2,19,20,21);1H. The number of rotatable bonds is 7. The number of amides is 1. The summed E-state index contributed by atoms with van der Waals surface area (Å²) in [6.45, 7) is 8.91. The van der Waals surface area contributed by atoms with Gasteiger partial charge in [0.1, 0.15) is 0 Å². The number of halogens is 1. The van der Waals surface area contributed by atoms with Crippen LogP contribution in [0.3, 0.4) is 0 Å². The van der Waals surface area contributed by atoms with Crippen LogP contribution in [-0.2, 0) is 4.79 Å². The first-order valence-electron chi connectivity index (χ1n) is 8.72. The number of hydrogen-bond acceptors (Lipinski definition) is 3. The van der Waals surface area contributed by atoms with E-state index in [-0.39, 0.29) is 35.9 Å². The third kappa shape index (κ3) is 6.47. The number of guanidine groups is 1. The number of benzene rings is 1. The minimum atomic E-state index is 0. The van der Waals surface area contributed by atoms with Gasteiger partial charge in [0.05, 0.1) is 6.04 Å². The Bertz CT molecular complexity index is 548. The molecule has 2 N–H and O–H groups in total. The highest BCUT2D eigenvalue weighted by Gasteiger charge is 2.30. The van der Waals surface area contributed by atoms with Gasteiger partial charge in [0.2, 0.25) is 5.91 Å². The predicted octanol–water partition coefficient (Wildman–Crippen LogP) is 1.92. The normalized spacial score (nSPS) is 17.6. The number of likely N-dealkylation sites (N-methyl/N-ethyl adjacent to an activating group) is 1. The maximum atomic E-state index is 12.3. The van der Waals surface area contributed by atoms with E-state index in [0.29, 0.717) is 13.0 Å². The van der Waals surface area contributed by atoms with Crippen LogP contribution in [0, 0.1) is 0 Å². The Morgan fingerprint density at radius 1 is 1.28 bits per heavy atom. The molecule has 0 saturated carbocycles. The smallest absolute Gasteiger partial charge is 0.229 e. The van der Waals surface area contributed by atoms with E-state index in [1.54, 1.807) is 7.05 Å². The molecule has 1 aromatic rings. The van der Waals surface area contributed by atoms with Crippen molar-refractivity contribution in [1.82, 2.24) is 15.5 Å². The van der Waals surface area contributed by atoms with Gasteiger partial charge in [-0.2, -0.15) is 0 Å². The van der Waals surface area contributed by atoms with Crippen LogP contribution in [-0.4, -0.2) is 62.6 Å². The Morgan fingerprint density at radius 2 is 1.96 bits per heavy atom. The van der Waals surface area contributed by atoms with Crippen molar-refractivity contribution in [2.24, 2.45) is 4.99 Å². The second-order valence-corrected chi connectivity index (χ2v) is 5.91. The number of carbonyl (C=O) groups is 1. The molecule has 6 nitrogen and oxygen atoms in total. The van der Waals surface area contributed by atoms with E-state index < -0.39 is 0 Å². The lowest BCUT2D eigenvalue weighted by atomic mass is 10.2. The molecule has 0 aliphatic carbocycles. The molecule has 0 spiro atoms. The SMILES string of the molecule is CCN(CC)CCNC(=NC)NC1CC(=O)N(c2ccccc2)C1.I. The lowest BCUT2D eigenvalue weighted by Gasteiger charge is -2.21. The molecule has 2 rings (SSSR count). The number of para-hydroxylation sites is 1. The molecule has 1 aromatic carbocycles. The fourth-order valence-electron chi connectivity index (χ4n) is 2.92. The summed E-state index contributed by atoms with van der Waals surface area (Å²) < 4.78 is 0. The number of nitrogens with zero attached hydrogens (tertiary/aromatic N) is 3. The van der Waals surface area contributed by atoms with Crippen molar-refractivity contribution in [3.05, 3.63) is 30.3 Å². The topological polar surface area (TPSA) is 60.0 Å². The average Bonchev–Trinajstić information content (AvgIpc) is 2.98. The van der Waals surface area contributed by atoms with Crippen molar-refractivity contribution in [2.45, 2.75) is 26.3 Å². The van der Waals surface area contributed by atoms with Crippen LogP contribution < -0.4 is 15.5 Å². The minimum Gasteiger partial charge on any atom is -0.355 e. The van der Waals surface area contributed by atoms with E-state index in [0.717, 1.165) is 37.8 Å². The van der Waals surface area contributed by atoms with Crippen LogP contribution in [0.5, 0.6) is 0 Å². The van der Waals surface area contributed by atoms with Gasteiger partial charge in [-0.1, -0.05) is 32.0 Å². The van der Waals surface area contributed by atoms with E-state index in [1.807, 2.05) is 35.2 Å². The highest BCUT2D eigenvalue weighted by molar-refractivity contribution is 14.0. The Kier molecular flexibility index (Phi) is 9.81. The summed E-state index contributed by atoms with van der Waals surface area (Å²) in [6.07, 6.45) is 0.492. The summed E-state index contributed by atoms with van der Waals surface area (Å²) in [4.78, 5) is 20.7. The average molecular weight is 459 g/mol. The summed E-state index contributed by atoms with van der Waals surface area (Å²) >= 11 is 0.